The van der Waals surface area contributed by atoms with Gasteiger partial charge < -0.3 is 5.73 Å². The first-order valence-corrected chi connectivity index (χ1v) is 6.29. The molecule has 2 heterocycles. The van der Waals surface area contributed by atoms with Gasteiger partial charge in [0.25, 0.3) is 0 Å². The molecule has 0 aliphatic heterocycles. The first-order valence-electron chi connectivity index (χ1n) is 5.50. The van der Waals surface area contributed by atoms with Gasteiger partial charge in [-0.2, -0.15) is 5.10 Å². The molecule has 0 radical (unpaired) electrons. The average molecular weight is 297 g/mol. The quantitative estimate of drug-likeness (QED) is 0.901. The molecule has 1 aliphatic rings. The summed E-state index contributed by atoms with van der Waals surface area (Å²) in [6.07, 6.45) is 5.79. The lowest BCUT2D eigenvalue weighted by atomic mass is 9.88. The fourth-order valence-electron chi connectivity index (χ4n) is 2.04. The van der Waals surface area contributed by atoms with Crippen LogP contribution in [0.2, 0.25) is 0 Å². The van der Waals surface area contributed by atoms with Gasteiger partial charge in [-0.1, -0.05) is 5.21 Å². The zero-order chi connectivity index (χ0) is 12.0. The van der Waals surface area contributed by atoms with Crippen LogP contribution in [0.3, 0.4) is 0 Å². The van der Waals surface area contributed by atoms with Crippen LogP contribution in [0.25, 0.3) is 11.4 Å². The normalized spacial score (nSPS) is 23.7. The van der Waals surface area contributed by atoms with Crippen molar-refractivity contribution in [3.05, 3.63) is 16.9 Å². The Bertz CT molecular complexity index is 539. The van der Waals surface area contributed by atoms with E-state index in [1.807, 2.05) is 24.1 Å². The van der Waals surface area contributed by atoms with E-state index in [-0.39, 0.29) is 0 Å². The molecule has 7 heteroatoms. The molecule has 1 fully saturated rings. The monoisotopic (exact) mass is 296 g/mol. The highest BCUT2D eigenvalue weighted by Gasteiger charge is 2.28. The van der Waals surface area contributed by atoms with Gasteiger partial charge in [-0.25, -0.2) is 4.68 Å². The predicted molar refractivity (Wildman–Crippen MR) is 66.2 cm³/mol. The van der Waals surface area contributed by atoms with Crippen LogP contribution in [0, 0.1) is 0 Å². The zero-order valence-electron chi connectivity index (χ0n) is 9.41. The van der Waals surface area contributed by atoms with Gasteiger partial charge in [-0.15, -0.1) is 5.10 Å². The van der Waals surface area contributed by atoms with Crippen LogP contribution in [-0.2, 0) is 7.05 Å². The molecule has 2 N–H and O–H groups in total. The van der Waals surface area contributed by atoms with Gasteiger partial charge in [0, 0.05) is 19.3 Å². The van der Waals surface area contributed by atoms with Crippen molar-refractivity contribution in [2.24, 2.45) is 12.8 Å². The highest BCUT2D eigenvalue weighted by atomic mass is 79.9. The van der Waals surface area contributed by atoms with E-state index in [9.17, 15) is 0 Å². The Kier molecular flexibility index (Phi) is 2.52. The second-order valence-corrected chi connectivity index (χ2v) is 5.32. The lowest BCUT2D eigenvalue weighted by Crippen LogP contribution is -2.37. The summed E-state index contributed by atoms with van der Waals surface area (Å²) in [6.45, 7) is 0. The smallest absolute Gasteiger partial charge is 0.134 e. The number of hydrogen-bond acceptors (Lipinski definition) is 4. The Hall–Kier alpha value is -1.21. The fourth-order valence-corrected chi connectivity index (χ4v) is 2.62. The number of rotatable bonds is 2. The van der Waals surface area contributed by atoms with Crippen LogP contribution in [0.1, 0.15) is 18.9 Å². The van der Waals surface area contributed by atoms with E-state index in [4.69, 9.17) is 5.73 Å². The van der Waals surface area contributed by atoms with Crippen molar-refractivity contribution in [2.45, 2.75) is 24.9 Å². The van der Waals surface area contributed by atoms with Gasteiger partial charge in [-0.3, -0.25) is 4.68 Å². The molecular weight excluding hydrogens is 284 g/mol. The van der Waals surface area contributed by atoms with Gasteiger partial charge in [-0.05, 0) is 28.8 Å². The SMILES string of the molecule is Cn1cc(Br)c(-c2cn(C3CC(N)C3)nn2)n1. The molecule has 17 heavy (non-hydrogen) atoms. The van der Waals surface area contributed by atoms with Crippen molar-refractivity contribution in [3.8, 4) is 11.4 Å². The Morgan fingerprint density at radius 3 is 2.76 bits per heavy atom. The second-order valence-electron chi connectivity index (χ2n) is 4.47. The first-order chi connectivity index (χ1) is 8.13. The van der Waals surface area contributed by atoms with Crippen molar-refractivity contribution in [2.75, 3.05) is 0 Å². The number of aryl methyl sites for hydroxylation is 1. The van der Waals surface area contributed by atoms with Gasteiger partial charge in [0.15, 0.2) is 0 Å². The average Bonchev–Trinajstić information content (AvgIpc) is 2.80. The number of aromatic nitrogens is 5. The van der Waals surface area contributed by atoms with E-state index in [0.717, 1.165) is 28.7 Å². The minimum Gasteiger partial charge on any atom is -0.328 e. The van der Waals surface area contributed by atoms with Gasteiger partial charge in [0.2, 0.25) is 0 Å². The molecule has 1 aliphatic carbocycles. The zero-order valence-corrected chi connectivity index (χ0v) is 11.0. The van der Waals surface area contributed by atoms with Crippen LogP contribution < -0.4 is 5.73 Å². The fraction of sp³-hybridized carbons (Fsp3) is 0.500. The molecule has 2 aromatic heterocycles. The maximum absolute atomic E-state index is 5.77. The molecule has 3 rings (SSSR count). The predicted octanol–water partition coefficient (Wildman–Crippen LogP) is 1.10. The van der Waals surface area contributed by atoms with E-state index in [0.29, 0.717) is 12.1 Å². The highest BCUT2D eigenvalue weighted by molar-refractivity contribution is 9.10. The topological polar surface area (TPSA) is 74.5 Å². The lowest BCUT2D eigenvalue weighted by molar-refractivity contribution is 0.243. The Morgan fingerprint density at radius 2 is 2.18 bits per heavy atom. The maximum Gasteiger partial charge on any atom is 0.134 e. The summed E-state index contributed by atoms with van der Waals surface area (Å²) < 4.78 is 4.56. The summed E-state index contributed by atoms with van der Waals surface area (Å²) in [6, 6.07) is 0.711. The molecule has 90 valence electrons. The third-order valence-corrected chi connectivity index (χ3v) is 3.64. The van der Waals surface area contributed by atoms with E-state index in [1.54, 1.807) is 4.68 Å². The molecule has 0 amide bonds. The summed E-state index contributed by atoms with van der Waals surface area (Å²) in [5.74, 6) is 0. The number of nitrogens with two attached hydrogens (primary N) is 1. The standard InChI is InChI=1S/C10H13BrN6/c1-16-4-8(11)10(14-16)9-5-17(15-13-9)7-2-6(12)3-7/h4-7H,2-3,12H2,1H3. The van der Waals surface area contributed by atoms with Crippen LogP contribution in [0.15, 0.2) is 16.9 Å². The number of hydrogen-bond donors (Lipinski definition) is 1. The number of halogens is 1. The molecule has 0 spiro atoms. The minimum absolute atomic E-state index is 0.314. The van der Waals surface area contributed by atoms with Crippen LogP contribution in [-0.4, -0.2) is 30.8 Å². The molecular formula is C10H13BrN6. The summed E-state index contributed by atoms with van der Waals surface area (Å²) in [5.41, 5.74) is 7.38. The summed E-state index contributed by atoms with van der Waals surface area (Å²) in [5, 5.41) is 12.6. The first kappa shape index (κ1) is 10.9. The van der Waals surface area contributed by atoms with Crippen molar-refractivity contribution in [1.82, 2.24) is 24.8 Å². The third-order valence-electron chi connectivity index (χ3n) is 3.06. The minimum atomic E-state index is 0.314. The van der Waals surface area contributed by atoms with Crippen LogP contribution in [0.5, 0.6) is 0 Å². The Morgan fingerprint density at radius 1 is 1.41 bits per heavy atom. The second kappa shape index (κ2) is 3.92. The van der Waals surface area contributed by atoms with Crippen molar-refractivity contribution in [1.29, 1.82) is 0 Å². The van der Waals surface area contributed by atoms with E-state index in [2.05, 4.69) is 31.3 Å². The van der Waals surface area contributed by atoms with Crippen LogP contribution in [0.4, 0.5) is 0 Å². The van der Waals surface area contributed by atoms with Gasteiger partial charge in [0.05, 0.1) is 16.7 Å². The molecule has 0 atom stereocenters. The molecule has 0 unspecified atom stereocenters. The van der Waals surface area contributed by atoms with E-state index < -0.39 is 0 Å². The van der Waals surface area contributed by atoms with Crippen molar-refractivity contribution >= 4 is 15.9 Å². The van der Waals surface area contributed by atoms with E-state index in [1.165, 1.54) is 0 Å². The summed E-state index contributed by atoms with van der Waals surface area (Å²) in [4.78, 5) is 0. The van der Waals surface area contributed by atoms with Crippen molar-refractivity contribution < 1.29 is 0 Å². The molecule has 0 aromatic carbocycles. The Balaban J connectivity index is 1.87. The van der Waals surface area contributed by atoms with Crippen molar-refractivity contribution in [3.63, 3.8) is 0 Å². The lowest BCUT2D eigenvalue weighted by Gasteiger charge is -2.31. The third kappa shape index (κ3) is 1.89. The summed E-state index contributed by atoms with van der Waals surface area (Å²) >= 11 is 3.46. The Labute approximate surface area is 107 Å². The molecule has 1 saturated carbocycles. The molecule has 0 saturated heterocycles. The number of nitrogens with zero attached hydrogens (tertiary/aromatic N) is 5. The largest absolute Gasteiger partial charge is 0.328 e. The van der Waals surface area contributed by atoms with Gasteiger partial charge >= 0.3 is 0 Å². The maximum atomic E-state index is 5.77. The van der Waals surface area contributed by atoms with Crippen LogP contribution >= 0.6 is 15.9 Å². The molecule has 0 bridgehead atoms. The molecule has 2 aromatic rings. The van der Waals surface area contributed by atoms with E-state index >= 15 is 0 Å². The molecule has 6 nitrogen and oxygen atoms in total. The highest BCUT2D eigenvalue weighted by Crippen LogP contribution is 2.31. The van der Waals surface area contributed by atoms with Gasteiger partial charge in [0.1, 0.15) is 11.4 Å². The summed E-state index contributed by atoms with van der Waals surface area (Å²) in [7, 11) is 1.88.